The zero-order valence-corrected chi connectivity index (χ0v) is 20.2. The SMILES string of the molecule is COc1ccc(S(=O)(=O)Nc2ccc(Sc3ccc(C(=O)NCC4CCCO4)cn3)cc2)cc1. The molecule has 1 amide bonds. The van der Waals surface area contributed by atoms with E-state index < -0.39 is 10.0 Å². The lowest BCUT2D eigenvalue weighted by molar-refractivity contribution is 0.0857. The van der Waals surface area contributed by atoms with Crippen LogP contribution in [0.3, 0.4) is 0 Å². The first-order valence-corrected chi connectivity index (χ1v) is 13.0. The molecule has 0 aliphatic carbocycles. The second-order valence-electron chi connectivity index (χ2n) is 7.64. The fraction of sp³-hybridized carbons (Fsp3) is 0.250. The van der Waals surface area contributed by atoms with Gasteiger partial charge in [-0.15, -0.1) is 0 Å². The average molecular weight is 500 g/mol. The Kier molecular flexibility index (Phi) is 7.71. The highest BCUT2D eigenvalue weighted by Crippen LogP contribution is 2.28. The van der Waals surface area contributed by atoms with Gasteiger partial charge in [-0.05, 0) is 73.5 Å². The molecule has 1 aromatic heterocycles. The number of aromatic nitrogens is 1. The maximum atomic E-state index is 12.6. The van der Waals surface area contributed by atoms with Crippen molar-refractivity contribution >= 4 is 33.4 Å². The van der Waals surface area contributed by atoms with Crippen molar-refractivity contribution in [3.05, 3.63) is 72.4 Å². The van der Waals surface area contributed by atoms with Gasteiger partial charge in [-0.25, -0.2) is 13.4 Å². The van der Waals surface area contributed by atoms with Crippen LogP contribution < -0.4 is 14.8 Å². The normalized spacial score (nSPS) is 15.6. The highest BCUT2D eigenvalue weighted by Gasteiger charge is 2.17. The smallest absolute Gasteiger partial charge is 0.261 e. The lowest BCUT2D eigenvalue weighted by Crippen LogP contribution is -2.31. The summed E-state index contributed by atoms with van der Waals surface area (Å²) >= 11 is 1.41. The summed E-state index contributed by atoms with van der Waals surface area (Å²) in [6.45, 7) is 1.26. The number of hydrogen-bond acceptors (Lipinski definition) is 7. The minimum Gasteiger partial charge on any atom is -0.497 e. The predicted molar refractivity (Wildman–Crippen MR) is 130 cm³/mol. The summed E-state index contributed by atoms with van der Waals surface area (Å²) in [5.41, 5.74) is 0.942. The number of benzene rings is 2. The first-order chi connectivity index (χ1) is 16.4. The molecule has 3 aromatic rings. The Hall–Kier alpha value is -3.08. The van der Waals surface area contributed by atoms with E-state index in [1.807, 2.05) is 0 Å². The zero-order valence-electron chi connectivity index (χ0n) is 18.6. The molecule has 1 aliphatic rings. The van der Waals surface area contributed by atoms with Crippen molar-refractivity contribution in [2.24, 2.45) is 0 Å². The Labute approximate surface area is 203 Å². The molecule has 8 nitrogen and oxygen atoms in total. The summed E-state index contributed by atoms with van der Waals surface area (Å²) in [6, 6.07) is 16.7. The minimum atomic E-state index is -3.70. The van der Waals surface area contributed by atoms with Gasteiger partial charge in [0.25, 0.3) is 15.9 Å². The summed E-state index contributed by atoms with van der Waals surface area (Å²) in [7, 11) is -2.18. The largest absolute Gasteiger partial charge is 0.497 e. The number of hydrogen-bond donors (Lipinski definition) is 2. The number of nitrogens with zero attached hydrogens (tertiary/aromatic N) is 1. The highest BCUT2D eigenvalue weighted by molar-refractivity contribution is 7.99. The number of amides is 1. The van der Waals surface area contributed by atoms with E-state index in [1.165, 1.54) is 31.0 Å². The Morgan fingerprint density at radius 3 is 2.50 bits per heavy atom. The van der Waals surface area contributed by atoms with Gasteiger partial charge < -0.3 is 14.8 Å². The molecule has 0 radical (unpaired) electrons. The molecule has 2 N–H and O–H groups in total. The Morgan fingerprint density at radius 2 is 1.88 bits per heavy atom. The maximum absolute atomic E-state index is 12.6. The van der Waals surface area contributed by atoms with Gasteiger partial charge in [-0.1, -0.05) is 11.8 Å². The fourth-order valence-electron chi connectivity index (χ4n) is 3.37. The summed E-state index contributed by atoms with van der Waals surface area (Å²) in [6.07, 6.45) is 3.64. The van der Waals surface area contributed by atoms with Crippen LogP contribution in [-0.2, 0) is 14.8 Å². The second-order valence-corrected chi connectivity index (χ2v) is 10.4. The van der Waals surface area contributed by atoms with Crippen LogP contribution in [0.2, 0.25) is 0 Å². The third-order valence-corrected chi connectivity index (χ3v) is 7.57. The predicted octanol–water partition coefficient (Wildman–Crippen LogP) is 3.95. The zero-order chi connectivity index (χ0) is 24.0. The van der Waals surface area contributed by atoms with Crippen LogP contribution in [0.5, 0.6) is 5.75 Å². The fourth-order valence-corrected chi connectivity index (χ4v) is 5.18. The quantitative estimate of drug-likeness (QED) is 0.459. The molecule has 2 aromatic carbocycles. The van der Waals surface area contributed by atoms with E-state index in [2.05, 4.69) is 15.0 Å². The number of pyridine rings is 1. The number of nitrogens with one attached hydrogen (secondary N) is 2. The van der Waals surface area contributed by atoms with E-state index in [4.69, 9.17) is 9.47 Å². The molecule has 0 spiro atoms. The maximum Gasteiger partial charge on any atom is 0.261 e. The molecule has 1 fully saturated rings. The summed E-state index contributed by atoms with van der Waals surface area (Å²) < 4.78 is 38.3. The number of sulfonamides is 1. The molecule has 178 valence electrons. The van der Waals surface area contributed by atoms with Gasteiger partial charge in [0, 0.05) is 29.9 Å². The summed E-state index contributed by atoms with van der Waals surface area (Å²) in [5.74, 6) is 0.411. The average Bonchev–Trinajstić information content (AvgIpc) is 3.38. The molecule has 1 aliphatic heterocycles. The molecule has 1 unspecified atom stereocenters. The van der Waals surface area contributed by atoms with Crippen molar-refractivity contribution in [2.75, 3.05) is 25.0 Å². The van der Waals surface area contributed by atoms with Crippen LogP contribution in [-0.4, -0.2) is 45.7 Å². The van der Waals surface area contributed by atoms with Gasteiger partial charge in [0.1, 0.15) is 10.8 Å². The van der Waals surface area contributed by atoms with Crippen LogP contribution >= 0.6 is 11.8 Å². The first kappa shape index (κ1) is 24.1. The van der Waals surface area contributed by atoms with Crippen LogP contribution in [0.4, 0.5) is 5.69 Å². The van der Waals surface area contributed by atoms with Gasteiger partial charge in [-0.2, -0.15) is 0 Å². The van der Waals surface area contributed by atoms with Crippen molar-refractivity contribution in [1.82, 2.24) is 10.3 Å². The third kappa shape index (κ3) is 6.28. The van der Waals surface area contributed by atoms with Gasteiger partial charge in [0.15, 0.2) is 0 Å². The van der Waals surface area contributed by atoms with Crippen molar-refractivity contribution in [1.29, 1.82) is 0 Å². The molecule has 1 atom stereocenters. The molecule has 1 saturated heterocycles. The van der Waals surface area contributed by atoms with Crippen LogP contribution in [0, 0.1) is 0 Å². The van der Waals surface area contributed by atoms with Crippen LogP contribution in [0.1, 0.15) is 23.2 Å². The van der Waals surface area contributed by atoms with E-state index in [0.717, 1.165) is 29.4 Å². The summed E-state index contributed by atoms with van der Waals surface area (Å²) in [5, 5.41) is 3.60. The van der Waals surface area contributed by atoms with E-state index in [-0.39, 0.29) is 16.9 Å². The van der Waals surface area contributed by atoms with Crippen molar-refractivity contribution in [2.45, 2.75) is 33.8 Å². The first-order valence-electron chi connectivity index (χ1n) is 10.7. The van der Waals surface area contributed by atoms with E-state index >= 15 is 0 Å². The van der Waals surface area contributed by atoms with Crippen LogP contribution in [0.25, 0.3) is 0 Å². The third-order valence-electron chi connectivity index (χ3n) is 5.21. The van der Waals surface area contributed by atoms with E-state index in [1.54, 1.807) is 54.7 Å². The van der Waals surface area contributed by atoms with Crippen molar-refractivity contribution in [3.63, 3.8) is 0 Å². The number of ether oxygens (including phenoxy) is 2. The second kappa shape index (κ2) is 10.9. The molecular weight excluding hydrogens is 474 g/mol. The highest BCUT2D eigenvalue weighted by atomic mass is 32.2. The molecule has 2 heterocycles. The van der Waals surface area contributed by atoms with Crippen molar-refractivity contribution in [3.8, 4) is 5.75 Å². The monoisotopic (exact) mass is 499 g/mol. The van der Waals surface area contributed by atoms with Gasteiger partial charge in [0.2, 0.25) is 0 Å². The number of rotatable bonds is 9. The number of methoxy groups -OCH3 is 1. The molecular formula is C24H25N3O5S2. The number of anilines is 1. The van der Waals surface area contributed by atoms with E-state index in [0.29, 0.717) is 23.5 Å². The summed E-state index contributed by atoms with van der Waals surface area (Å²) in [4.78, 5) is 17.7. The molecule has 0 bridgehead atoms. The topological polar surface area (TPSA) is 107 Å². The Morgan fingerprint density at radius 1 is 1.12 bits per heavy atom. The number of carbonyl (C=O) groups excluding carboxylic acids is 1. The van der Waals surface area contributed by atoms with Crippen LogP contribution in [0.15, 0.2) is 81.7 Å². The van der Waals surface area contributed by atoms with Gasteiger partial charge >= 0.3 is 0 Å². The van der Waals surface area contributed by atoms with Crippen molar-refractivity contribution < 1.29 is 22.7 Å². The Balaban J connectivity index is 1.32. The molecule has 34 heavy (non-hydrogen) atoms. The lowest BCUT2D eigenvalue weighted by Gasteiger charge is -2.11. The van der Waals surface area contributed by atoms with E-state index in [9.17, 15) is 13.2 Å². The molecule has 0 saturated carbocycles. The minimum absolute atomic E-state index is 0.0930. The number of carbonyl (C=O) groups is 1. The Bertz CT molecular complexity index is 1210. The van der Waals surface area contributed by atoms with Gasteiger partial charge in [0.05, 0.1) is 23.7 Å². The lowest BCUT2D eigenvalue weighted by atomic mass is 10.2. The molecule has 10 heteroatoms. The van der Waals surface area contributed by atoms with Gasteiger partial charge in [-0.3, -0.25) is 9.52 Å². The molecule has 4 rings (SSSR count). The standard InChI is InChI=1S/C24H25N3O5S2/c1-31-19-7-11-22(12-8-19)34(29,30)27-18-5-9-21(10-6-18)33-23-13-4-17(15-25-23)24(28)26-16-20-3-2-14-32-20/h4-13,15,20,27H,2-3,14,16H2,1H3,(H,26,28).